The average Bonchev–Trinajstić information content (AvgIpc) is 2.57. The van der Waals surface area contributed by atoms with Gasteiger partial charge in [-0.25, -0.2) is 0 Å². The highest BCUT2D eigenvalue weighted by atomic mass is 35.5. The maximum absolute atomic E-state index is 11.5. The third-order valence-corrected chi connectivity index (χ3v) is 4.54. The summed E-state index contributed by atoms with van der Waals surface area (Å²) in [4.78, 5) is 11.5. The van der Waals surface area contributed by atoms with Crippen LogP contribution in [0.15, 0.2) is 54.1 Å². The molecular formula is C19H17ClN2O2S. The second-order valence-corrected chi connectivity index (χ2v) is 6.76. The van der Waals surface area contributed by atoms with Gasteiger partial charge in [0, 0.05) is 10.7 Å². The monoisotopic (exact) mass is 372 g/mol. The number of rotatable bonds is 4. The summed E-state index contributed by atoms with van der Waals surface area (Å²) in [6, 6.07) is 14.9. The Morgan fingerprint density at radius 2 is 1.80 bits per heavy atom. The Morgan fingerprint density at radius 1 is 1.16 bits per heavy atom. The molecule has 0 amide bonds. The van der Waals surface area contributed by atoms with Gasteiger partial charge in [-0.2, -0.15) is 0 Å². The van der Waals surface area contributed by atoms with Gasteiger partial charge in [0.2, 0.25) is 0 Å². The lowest BCUT2D eigenvalue weighted by Gasteiger charge is -2.32. The number of benzene rings is 2. The molecule has 0 aliphatic carbocycles. The van der Waals surface area contributed by atoms with Crippen molar-refractivity contribution < 1.29 is 9.90 Å². The maximum Gasteiger partial charge on any atom is 0.307 e. The second-order valence-electron chi connectivity index (χ2n) is 5.92. The highest BCUT2D eigenvalue weighted by molar-refractivity contribution is 7.80. The number of carboxylic acids is 1. The number of thiocarbonyl (C=S) groups is 1. The lowest BCUT2D eigenvalue weighted by atomic mass is 9.90. The van der Waals surface area contributed by atoms with E-state index < -0.39 is 5.97 Å². The number of aryl methyl sites for hydroxylation is 1. The first-order valence-electron chi connectivity index (χ1n) is 7.79. The van der Waals surface area contributed by atoms with E-state index in [0.29, 0.717) is 10.1 Å². The fourth-order valence-corrected chi connectivity index (χ4v) is 3.21. The van der Waals surface area contributed by atoms with Gasteiger partial charge in [-0.15, -0.1) is 0 Å². The number of hydrogen-bond acceptors (Lipinski definition) is 2. The first-order valence-corrected chi connectivity index (χ1v) is 8.57. The Hall–Kier alpha value is -2.37. The summed E-state index contributed by atoms with van der Waals surface area (Å²) < 4.78 is 0. The van der Waals surface area contributed by atoms with Crippen molar-refractivity contribution in [3.63, 3.8) is 0 Å². The van der Waals surface area contributed by atoms with Crippen LogP contribution < -0.4 is 10.6 Å². The highest BCUT2D eigenvalue weighted by Gasteiger charge is 2.28. The molecule has 1 unspecified atom stereocenters. The predicted molar refractivity (Wildman–Crippen MR) is 103 cm³/mol. The number of hydrogen-bond donors (Lipinski definition) is 3. The summed E-state index contributed by atoms with van der Waals surface area (Å²) in [6.07, 6.45) is -0.0981. The molecule has 25 heavy (non-hydrogen) atoms. The number of aliphatic carboxylic acids is 1. The Balaban J connectivity index is 2.13. The van der Waals surface area contributed by atoms with Crippen LogP contribution in [0.4, 0.5) is 0 Å². The van der Waals surface area contributed by atoms with Crippen LogP contribution >= 0.6 is 23.8 Å². The maximum atomic E-state index is 11.5. The van der Waals surface area contributed by atoms with E-state index in [1.54, 1.807) is 12.1 Å². The third kappa shape index (κ3) is 4.00. The summed E-state index contributed by atoms with van der Waals surface area (Å²) in [5.74, 6) is -0.894. The van der Waals surface area contributed by atoms with Crippen LogP contribution in [0.25, 0.3) is 5.70 Å². The van der Waals surface area contributed by atoms with Crippen molar-refractivity contribution in [2.75, 3.05) is 0 Å². The molecule has 0 bridgehead atoms. The summed E-state index contributed by atoms with van der Waals surface area (Å²) in [5, 5.41) is 16.8. The van der Waals surface area contributed by atoms with Crippen molar-refractivity contribution in [3.05, 3.63) is 75.8 Å². The smallest absolute Gasteiger partial charge is 0.307 e. The Kier molecular flexibility index (Phi) is 5.06. The summed E-state index contributed by atoms with van der Waals surface area (Å²) in [5.41, 5.74) is 4.42. The second kappa shape index (κ2) is 7.25. The molecule has 2 aromatic rings. The molecule has 128 valence electrons. The number of carboxylic acid groups (broad SMARTS) is 1. The molecule has 2 aromatic carbocycles. The molecule has 1 atom stereocenters. The Morgan fingerprint density at radius 3 is 2.40 bits per heavy atom. The van der Waals surface area contributed by atoms with Crippen LogP contribution in [0.2, 0.25) is 5.02 Å². The molecule has 1 heterocycles. The first-order chi connectivity index (χ1) is 11.9. The lowest BCUT2D eigenvalue weighted by molar-refractivity contribution is -0.136. The SMILES string of the molecule is Cc1ccc(C2=C(CC(=O)O)C(c3ccc(Cl)cc3)NC(=S)N2)cc1. The van der Waals surface area contributed by atoms with Gasteiger partial charge in [0.15, 0.2) is 5.11 Å². The van der Waals surface area contributed by atoms with E-state index >= 15 is 0 Å². The van der Waals surface area contributed by atoms with Crippen molar-refractivity contribution in [1.29, 1.82) is 0 Å². The van der Waals surface area contributed by atoms with Crippen LogP contribution in [-0.4, -0.2) is 16.2 Å². The van der Waals surface area contributed by atoms with E-state index in [0.717, 1.165) is 28.0 Å². The van der Waals surface area contributed by atoms with Gasteiger partial charge < -0.3 is 15.7 Å². The van der Waals surface area contributed by atoms with Crippen molar-refractivity contribution in [1.82, 2.24) is 10.6 Å². The molecule has 0 radical (unpaired) electrons. The fourth-order valence-electron chi connectivity index (χ4n) is 2.86. The van der Waals surface area contributed by atoms with Crippen molar-refractivity contribution in [2.45, 2.75) is 19.4 Å². The molecular weight excluding hydrogens is 356 g/mol. The van der Waals surface area contributed by atoms with E-state index in [-0.39, 0.29) is 12.5 Å². The van der Waals surface area contributed by atoms with E-state index in [2.05, 4.69) is 10.6 Å². The molecule has 4 nitrogen and oxygen atoms in total. The minimum Gasteiger partial charge on any atom is -0.481 e. The standard InChI is InChI=1S/C19H17ClN2O2S/c1-11-2-4-12(5-3-11)17-15(10-16(23)24)18(22-19(25)21-17)13-6-8-14(20)9-7-13/h2-9,18H,10H2,1H3,(H,23,24)(H2,21,22,25). The topological polar surface area (TPSA) is 61.4 Å². The predicted octanol–water partition coefficient (Wildman–Crippen LogP) is 4.05. The fraction of sp³-hybridized carbons (Fsp3) is 0.158. The van der Waals surface area contributed by atoms with E-state index in [1.165, 1.54) is 0 Å². The Labute approximate surface area is 156 Å². The van der Waals surface area contributed by atoms with Crippen molar-refractivity contribution in [2.24, 2.45) is 0 Å². The van der Waals surface area contributed by atoms with Crippen LogP contribution in [0.3, 0.4) is 0 Å². The minimum absolute atomic E-state index is 0.0981. The molecule has 0 saturated carbocycles. The highest BCUT2D eigenvalue weighted by Crippen LogP contribution is 2.33. The van der Waals surface area contributed by atoms with Crippen LogP contribution in [-0.2, 0) is 4.79 Å². The average molecular weight is 373 g/mol. The molecule has 3 N–H and O–H groups in total. The number of nitrogens with one attached hydrogen (secondary N) is 2. The van der Waals surface area contributed by atoms with Gasteiger partial charge in [-0.3, -0.25) is 4.79 Å². The van der Waals surface area contributed by atoms with Crippen LogP contribution in [0.1, 0.15) is 29.2 Å². The molecule has 1 aliphatic rings. The Bertz CT molecular complexity index is 845. The van der Waals surface area contributed by atoms with Crippen LogP contribution in [0, 0.1) is 6.92 Å². The van der Waals surface area contributed by atoms with Gasteiger partial charge >= 0.3 is 5.97 Å². The molecule has 0 saturated heterocycles. The van der Waals surface area contributed by atoms with Gasteiger partial charge in [-0.05, 0) is 48.0 Å². The number of carbonyl (C=O) groups is 1. The normalized spacial score (nSPS) is 17.0. The molecule has 6 heteroatoms. The minimum atomic E-state index is -0.894. The van der Waals surface area contributed by atoms with E-state index in [4.69, 9.17) is 23.8 Å². The third-order valence-electron chi connectivity index (χ3n) is 4.07. The summed E-state index contributed by atoms with van der Waals surface area (Å²) in [6.45, 7) is 2.01. The van der Waals surface area contributed by atoms with Gasteiger partial charge in [0.05, 0.1) is 12.5 Å². The zero-order chi connectivity index (χ0) is 18.0. The molecule has 1 aliphatic heterocycles. The quantitative estimate of drug-likeness (QED) is 0.707. The lowest BCUT2D eigenvalue weighted by Crippen LogP contribution is -2.43. The zero-order valence-corrected chi connectivity index (χ0v) is 15.1. The van der Waals surface area contributed by atoms with Gasteiger partial charge in [0.25, 0.3) is 0 Å². The summed E-state index contributed by atoms with van der Waals surface area (Å²) >= 11 is 11.3. The van der Waals surface area contributed by atoms with Crippen molar-refractivity contribution in [3.8, 4) is 0 Å². The van der Waals surface area contributed by atoms with E-state index in [9.17, 15) is 9.90 Å². The van der Waals surface area contributed by atoms with Crippen LogP contribution in [0.5, 0.6) is 0 Å². The van der Waals surface area contributed by atoms with Gasteiger partial charge in [0.1, 0.15) is 0 Å². The largest absolute Gasteiger partial charge is 0.481 e. The summed E-state index contributed by atoms with van der Waals surface area (Å²) in [7, 11) is 0. The van der Waals surface area contributed by atoms with Gasteiger partial charge in [-0.1, -0.05) is 53.6 Å². The zero-order valence-electron chi connectivity index (χ0n) is 13.5. The number of halogens is 1. The molecule has 3 rings (SSSR count). The molecule has 0 aromatic heterocycles. The van der Waals surface area contributed by atoms with Crippen molar-refractivity contribution >= 4 is 40.6 Å². The first kappa shape index (κ1) is 17.5. The van der Waals surface area contributed by atoms with E-state index in [1.807, 2.05) is 43.3 Å². The molecule has 0 spiro atoms. The molecule has 0 fully saturated rings.